The maximum absolute atomic E-state index is 5.88. The van der Waals surface area contributed by atoms with Gasteiger partial charge in [-0.15, -0.1) is 0 Å². The first-order chi connectivity index (χ1) is 8.41. The first-order valence-corrected chi connectivity index (χ1v) is 7.02. The van der Waals surface area contributed by atoms with Crippen LogP contribution in [-0.2, 0) is 0 Å². The Hall–Kier alpha value is -0.800. The molecule has 0 bridgehead atoms. The van der Waals surface area contributed by atoms with Crippen molar-refractivity contribution in [1.82, 2.24) is 5.32 Å². The van der Waals surface area contributed by atoms with E-state index in [1.165, 1.54) is 0 Å². The van der Waals surface area contributed by atoms with Gasteiger partial charge in [0.1, 0.15) is 0 Å². The van der Waals surface area contributed by atoms with Crippen molar-refractivity contribution >= 4 is 34.6 Å². The van der Waals surface area contributed by atoms with Crippen LogP contribution in [0.15, 0.2) is 24.3 Å². The lowest BCUT2D eigenvalue weighted by molar-refractivity contribution is 0.389. The predicted octanol–water partition coefficient (Wildman–Crippen LogP) is 4.23. The molecule has 0 amide bonds. The van der Waals surface area contributed by atoms with Gasteiger partial charge in [-0.3, -0.25) is 0 Å². The van der Waals surface area contributed by atoms with Crippen LogP contribution in [0.4, 0.5) is 5.69 Å². The van der Waals surface area contributed by atoms with Crippen molar-refractivity contribution in [2.75, 3.05) is 11.9 Å². The van der Waals surface area contributed by atoms with Crippen molar-refractivity contribution in [3.63, 3.8) is 0 Å². The molecule has 0 radical (unpaired) electrons. The second-order valence-corrected chi connectivity index (χ2v) is 5.56. The van der Waals surface area contributed by atoms with Gasteiger partial charge in [-0.2, -0.15) is 0 Å². The van der Waals surface area contributed by atoms with Crippen molar-refractivity contribution < 1.29 is 0 Å². The highest BCUT2D eigenvalue weighted by Crippen LogP contribution is 2.19. The minimum absolute atomic E-state index is 0.0533. The standard InChI is InChI=1S/C14H21ClN2S/c1-5-14(3,6-2)16-13(18)17(4)12-9-7-11(15)8-10-12/h7-10H,5-6H2,1-4H3,(H,16,18). The molecule has 0 unspecified atom stereocenters. The largest absolute Gasteiger partial charge is 0.357 e. The molecule has 1 aromatic rings. The van der Waals surface area contributed by atoms with Gasteiger partial charge in [0.25, 0.3) is 0 Å². The number of rotatable bonds is 4. The molecule has 4 heteroatoms. The monoisotopic (exact) mass is 284 g/mol. The Kier molecular flexibility index (Phi) is 5.42. The molecule has 0 heterocycles. The molecule has 0 spiro atoms. The molecule has 1 N–H and O–H groups in total. The summed E-state index contributed by atoms with van der Waals surface area (Å²) in [5.74, 6) is 0. The van der Waals surface area contributed by atoms with Crippen LogP contribution < -0.4 is 10.2 Å². The van der Waals surface area contributed by atoms with Gasteiger partial charge in [0, 0.05) is 23.3 Å². The lowest BCUT2D eigenvalue weighted by Crippen LogP contribution is -2.50. The van der Waals surface area contributed by atoms with Gasteiger partial charge in [-0.05, 0) is 56.2 Å². The Bertz CT molecular complexity index is 399. The van der Waals surface area contributed by atoms with E-state index in [1.807, 2.05) is 36.2 Å². The highest BCUT2D eigenvalue weighted by atomic mass is 35.5. The number of anilines is 1. The number of hydrogen-bond acceptors (Lipinski definition) is 1. The molecule has 0 atom stereocenters. The summed E-state index contributed by atoms with van der Waals surface area (Å²) in [5, 5.41) is 4.90. The van der Waals surface area contributed by atoms with E-state index in [2.05, 4.69) is 26.1 Å². The van der Waals surface area contributed by atoms with Crippen LogP contribution in [0, 0.1) is 0 Å². The van der Waals surface area contributed by atoms with Crippen molar-refractivity contribution in [2.45, 2.75) is 39.2 Å². The van der Waals surface area contributed by atoms with E-state index in [0.29, 0.717) is 0 Å². The highest BCUT2D eigenvalue weighted by Gasteiger charge is 2.21. The summed E-state index contributed by atoms with van der Waals surface area (Å²) in [7, 11) is 1.96. The summed E-state index contributed by atoms with van der Waals surface area (Å²) in [4.78, 5) is 1.97. The van der Waals surface area contributed by atoms with Crippen LogP contribution in [0.1, 0.15) is 33.6 Å². The van der Waals surface area contributed by atoms with Crippen LogP contribution in [0.5, 0.6) is 0 Å². The fourth-order valence-corrected chi connectivity index (χ4v) is 2.03. The third-order valence-electron chi connectivity index (χ3n) is 3.49. The Labute approximate surface area is 120 Å². The fraction of sp³-hybridized carbons (Fsp3) is 0.500. The van der Waals surface area contributed by atoms with Crippen molar-refractivity contribution in [3.8, 4) is 0 Å². The lowest BCUT2D eigenvalue weighted by Gasteiger charge is -2.33. The van der Waals surface area contributed by atoms with Crippen molar-refractivity contribution in [3.05, 3.63) is 29.3 Å². The van der Waals surface area contributed by atoms with Crippen LogP contribution in [-0.4, -0.2) is 17.7 Å². The van der Waals surface area contributed by atoms with Crippen LogP contribution in [0.2, 0.25) is 5.02 Å². The Morgan fingerprint density at radius 1 is 1.28 bits per heavy atom. The Morgan fingerprint density at radius 2 is 1.78 bits per heavy atom. The summed E-state index contributed by atoms with van der Waals surface area (Å²) >= 11 is 11.3. The van der Waals surface area contributed by atoms with Gasteiger partial charge >= 0.3 is 0 Å². The van der Waals surface area contributed by atoms with E-state index in [-0.39, 0.29) is 5.54 Å². The highest BCUT2D eigenvalue weighted by molar-refractivity contribution is 7.80. The number of nitrogens with one attached hydrogen (secondary N) is 1. The number of hydrogen-bond donors (Lipinski definition) is 1. The van der Waals surface area contributed by atoms with Gasteiger partial charge in [-0.1, -0.05) is 25.4 Å². The van der Waals surface area contributed by atoms with Gasteiger partial charge < -0.3 is 10.2 Å². The van der Waals surface area contributed by atoms with E-state index in [0.717, 1.165) is 28.7 Å². The zero-order chi connectivity index (χ0) is 13.8. The molecule has 0 saturated heterocycles. The van der Waals surface area contributed by atoms with Crippen LogP contribution in [0.3, 0.4) is 0 Å². The summed E-state index contributed by atoms with van der Waals surface area (Å²) in [5.41, 5.74) is 1.09. The molecule has 0 saturated carbocycles. The lowest BCUT2D eigenvalue weighted by atomic mass is 9.96. The normalized spacial score (nSPS) is 11.2. The molecule has 0 aliphatic heterocycles. The Balaban J connectivity index is 2.75. The third-order valence-corrected chi connectivity index (χ3v) is 4.12. The SMILES string of the molecule is CCC(C)(CC)NC(=S)N(C)c1ccc(Cl)cc1. The van der Waals surface area contributed by atoms with E-state index >= 15 is 0 Å². The third kappa shape index (κ3) is 3.85. The van der Waals surface area contributed by atoms with E-state index in [1.54, 1.807) is 0 Å². The maximum atomic E-state index is 5.88. The van der Waals surface area contributed by atoms with Crippen LogP contribution >= 0.6 is 23.8 Å². The Morgan fingerprint density at radius 3 is 2.22 bits per heavy atom. The van der Waals surface area contributed by atoms with Gasteiger partial charge in [0.15, 0.2) is 5.11 Å². The van der Waals surface area contributed by atoms with Crippen molar-refractivity contribution in [2.24, 2.45) is 0 Å². The molecule has 1 rings (SSSR count). The summed E-state index contributed by atoms with van der Waals surface area (Å²) < 4.78 is 0. The number of benzene rings is 1. The molecule has 0 aromatic heterocycles. The molecule has 0 aliphatic rings. The van der Waals surface area contributed by atoms with Crippen LogP contribution in [0.25, 0.3) is 0 Å². The van der Waals surface area contributed by atoms with Gasteiger partial charge in [0.2, 0.25) is 0 Å². The summed E-state index contributed by atoms with van der Waals surface area (Å²) in [6, 6.07) is 7.67. The van der Waals surface area contributed by atoms with E-state index in [9.17, 15) is 0 Å². The predicted molar refractivity (Wildman–Crippen MR) is 84.6 cm³/mol. The number of nitrogens with zero attached hydrogens (tertiary/aromatic N) is 1. The second kappa shape index (κ2) is 6.39. The smallest absolute Gasteiger partial charge is 0.173 e. The first-order valence-electron chi connectivity index (χ1n) is 6.23. The molecular weight excluding hydrogens is 264 g/mol. The molecular formula is C14H21ClN2S. The number of thiocarbonyl (C=S) groups is 1. The second-order valence-electron chi connectivity index (χ2n) is 4.73. The van der Waals surface area contributed by atoms with Crippen molar-refractivity contribution in [1.29, 1.82) is 0 Å². The summed E-state index contributed by atoms with van der Waals surface area (Å²) in [6.07, 6.45) is 2.08. The van der Waals surface area contributed by atoms with E-state index < -0.39 is 0 Å². The molecule has 1 aromatic carbocycles. The quantitative estimate of drug-likeness (QED) is 0.833. The molecule has 2 nitrogen and oxygen atoms in total. The minimum Gasteiger partial charge on any atom is -0.357 e. The average Bonchev–Trinajstić information content (AvgIpc) is 2.38. The molecule has 0 aliphatic carbocycles. The van der Waals surface area contributed by atoms with Gasteiger partial charge in [-0.25, -0.2) is 0 Å². The topological polar surface area (TPSA) is 15.3 Å². The average molecular weight is 285 g/mol. The van der Waals surface area contributed by atoms with Gasteiger partial charge in [0.05, 0.1) is 0 Å². The first kappa shape index (κ1) is 15.3. The zero-order valence-electron chi connectivity index (χ0n) is 11.5. The fourth-order valence-electron chi connectivity index (χ4n) is 1.55. The minimum atomic E-state index is 0.0533. The summed E-state index contributed by atoms with van der Waals surface area (Å²) in [6.45, 7) is 6.53. The van der Waals surface area contributed by atoms with E-state index in [4.69, 9.17) is 23.8 Å². The maximum Gasteiger partial charge on any atom is 0.173 e. The molecule has 18 heavy (non-hydrogen) atoms. The molecule has 0 fully saturated rings. The zero-order valence-corrected chi connectivity index (χ0v) is 13.0. The number of halogens is 1. The molecule has 100 valence electrons.